The van der Waals surface area contributed by atoms with Gasteiger partial charge in [0.25, 0.3) is 0 Å². The van der Waals surface area contributed by atoms with Crippen LogP contribution in [0, 0.1) is 28.5 Å². The standard InChI is InChI=1S/C17H12FN3/c18-12-5-3-11(4-6-12)14-7-13(10-1-2-10)15(8-19)17(21)16(14)9-20/h3-7,10H,1-2,21H2. The molecule has 1 fully saturated rings. The second-order valence-electron chi connectivity index (χ2n) is 5.18. The van der Waals surface area contributed by atoms with Crippen LogP contribution in [-0.4, -0.2) is 0 Å². The van der Waals surface area contributed by atoms with E-state index in [0.29, 0.717) is 17.0 Å². The van der Waals surface area contributed by atoms with Gasteiger partial charge in [-0.15, -0.1) is 0 Å². The number of anilines is 1. The van der Waals surface area contributed by atoms with Gasteiger partial charge in [-0.3, -0.25) is 0 Å². The molecule has 1 aliphatic carbocycles. The van der Waals surface area contributed by atoms with E-state index in [2.05, 4.69) is 12.1 Å². The van der Waals surface area contributed by atoms with Crippen LogP contribution in [0.15, 0.2) is 30.3 Å². The molecule has 2 aromatic carbocycles. The number of nitrogens with zero attached hydrogens (tertiary/aromatic N) is 2. The van der Waals surface area contributed by atoms with Crippen molar-refractivity contribution in [3.8, 4) is 23.3 Å². The molecule has 1 saturated carbocycles. The predicted octanol–water partition coefficient (Wildman–Crippen LogP) is 3.70. The molecule has 0 spiro atoms. The van der Waals surface area contributed by atoms with Gasteiger partial charge in [0, 0.05) is 5.56 Å². The largest absolute Gasteiger partial charge is 0.397 e. The summed E-state index contributed by atoms with van der Waals surface area (Å²) in [6.07, 6.45) is 2.06. The fourth-order valence-electron chi connectivity index (χ4n) is 2.54. The van der Waals surface area contributed by atoms with Gasteiger partial charge in [-0.1, -0.05) is 12.1 Å². The third-order valence-corrected chi connectivity index (χ3v) is 3.79. The van der Waals surface area contributed by atoms with E-state index in [1.54, 1.807) is 12.1 Å². The van der Waals surface area contributed by atoms with Crippen LogP contribution in [0.2, 0.25) is 0 Å². The van der Waals surface area contributed by atoms with Gasteiger partial charge in [-0.2, -0.15) is 10.5 Å². The Balaban J connectivity index is 2.27. The average molecular weight is 277 g/mol. The summed E-state index contributed by atoms with van der Waals surface area (Å²) < 4.78 is 13.1. The summed E-state index contributed by atoms with van der Waals surface area (Å²) in [7, 11) is 0. The summed E-state index contributed by atoms with van der Waals surface area (Å²) in [6, 6.07) is 12.0. The van der Waals surface area contributed by atoms with Crippen molar-refractivity contribution < 1.29 is 4.39 Å². The van der Waals surface area contributed by atoms with Gasteiger partial charge in [-0.25, -0.2) is 4.39 Å². The topological polar surface area (TPSA) is 73.6 Å². The van der Waals surface area contributed by atoms with Crippen LogP contribution in [0.1, 0.15) is 35.4 Å². The summed E-state index contributed by atoms with van der Waals surface area (Å²) >= 11 is 0. The molecule has 1 aliphatic rings. The van der Waals surface area contributed by atoms with E-state index in [4.69, 9.17) is 5.73 Å². The van der Waals surface area contributed by atoms with E-state index in [-0.39, 0.29) is 17.1 Å². The first kappa shape index (κ1) is 13.1. The van der Waals surface area contributed by atoms with E-state index in [9.17, 15) is 14.9 Å². The molecule has 3 nitrogen and oxygen atoms in total. The second-order valence-corrected chi connectivity index (χ2v) is 5.18. The van der Waals surface area contributed by atoms with Crippen molar-refractivity contribution in [2.45, 2.75) is 18.8 Å². The summed E-state index contributed by atoms with van der Waals surface area (Å²) in [6.45, 7) is 0. The third-order valence-electron chi connectivity index (χ3n) is 3.79. The SMILES string of the molecule is N#Cc1c(-c2ccc(F)cc2)cc(C2CC2)c(C#N)c1N. The molecule has 0 unspecified atom stereocenters. The van der Waals surface area contributed by atoms with Crippen LogP contribution in [0.4, 0.5) is 10.1 Å². The lowest BCUT2D eigenvalue weighted by atomic mass is 9.91. The van der Waals surface area contributed by atoms with Gasteiger partial charge >= 0.3 is 0 Å². The summed E-state index contributed by atoms with van der Waals surface area (Å²) in [5.74, 6) is 0.00943. The average Bonchev–Trinajstić information content (AvgIpc) is 3.31. The van der Waals surface area contributed by atoms with Crippen molar-refractivity contribution >= 4 is 5.69 Å². The lowest BCUT2D eigenvalue weighted by molar-refractivity contribution is 0.628. The van der Waals surface area contributed by atoms with Crippen LogP contribution in [0.3, 0.4) is 0 Å². The van der Waals surface area contributed by atoms with Gasteiger partial charge in [0.05, 0.1) is 16.8 Å². The van der Waals surface area contributed by atoms with Crippen molar-refractivity contribution in [2.24, 2.45) is 0 Å². The molecule has 3 rings (SSSR count). The summed E-state index contributed by atoms with van der Waals surface area (Å²) in [5, 5.41) is 18.7. The highest BCUT2D eigenvalue weighted by atomic mass is 19.1. The normalized spacial score (nSPS) is 13.5. The highest BCUT2D eigenvalue weighted by Gasteiger charge is 2.29. The zero-order valence-corrected chi connectivity index (χ0v) is 11.2. The molecule has 0 aromatic heterocycles. The Morgan fingerprint density at radius 2 is 1.67 bits per heavy atom. The number of nitriles is 2. The molecule has 2 aromatic rings. The molecule has 0 atom stereocenters. The minimum absolute atomic E-state index is 0.226. The molecule has 2 N–H and O–H groups in total. The van der Waals surface area contributed by atoms with Crippen LogP contribution in [0.25, 0.3) is 11.1 Å². The zero-order chi connectivity index (χ0) is 15.0. The Bertz CT molecular complexity index is 791. The smallest absolute Gasteiger partial charge is 0.123 e. The third kappa shape index (κ3) is 2.22. The molecule has 0 bridgehead atoms. The Hall–Kier alpha value is -2.85. The number of nitrogens with two attached hydrogens (primary N) is 1. The fraction of sp³-hybridized carbons (Fsp3) is 0.176. The summed E-state index contributed by atoms with van der Waals surface area (Å²) in [5.41, 5.74) is 9.22. The number of hydrogen-bond acceptors (Lipinski definition) is 3. The van der Waals surface area contributed by atoms with E-state index in [1.807, 2.05) is 6.07 Å². The van der Waals surface area contributed by atoms with E-state index in [1.165, 1.54) is 12.1 Å². The Morgan fingerprint density at radius 1 is 1.05 bits per heavy atom. The first-order valence-electron chi connectivity index (χ1n) is 6.68. The first-order valence-corrected chi connectivity index (χ1v) is 6.68. The minimum atomic E-state index is -0.332. The number of rotatable bonds is 2. The monoisotopic (exact) mass is 277 g/mol. The molecule has 0 heterocycles. The molecule has 102 valence electrons. The number of benzene rings is 2. The first-order chi connectivity index (χ1) is 10.2. The second kappa shape index (κ2) is 4.92. The fourth-order valence-corrected chi connectivity index (χ4v) is 2.54. The maximum atomic E-state index is 13.1. The molecule has 0 radical (unpaired) electrons. The van der Waals surface area contributed by atoms with Crippen molar-refractivity contribution in [2.75, 3.05) is 5.73 Å². The van der Waals surface area contributed by atoms with Crippen molar-refractivity contribution in [3.63, 3.8) is 0 Å². The maximum absolute atomic E-state index is 13.1. The number of nitrogen functional groups attached to an aromatic ring is 1. The van der Waals surface area contributed by atoms with Crippen LogP contribution in [0.5, 0.6) is 0 Å². The molecule has 0 aliphatic heterocycles. The molecule has 21 heavy (non-hydrogen) atoms. The maximum Gasteiger partial charge on any atom is 0.123 e. The summed E-state index contributed by atoms with van der Waals surface area (Å²) in [4.78, 5) is 0. The molecular weight excluding hydrogens is 265 g/mol. The van der Waals surface area contributed by atoms with E-state index < -0.39 is 0 Å². The molecule has 0 amide bonds. The number of halogens is 1. The Morgan fingerprint density at radius 3 is 2.19 bits per heavy atom. The zero-order valence-electron chi connectivity index (χ0n) is 11.2. The highest BCUT2D eigenvalue weighted by Crippen LogP contribution is 2.45. The molecule has 4 heteroatoms. The van der Waals surface area contributed by atoms with Gasteiger partial charge in [0.1, 0.15) is 18.0 Å². The van der Waals surface area contributed by atoms with Gasteiger partial charge < -0.3 is 5.73 Å². The van der Waals surface area contributed by atoms with Crippen molar-refractivity contribution in [3.05, 3.63) is 52.8 Å². The lowest BCUT2D eigenvalue weighted by Crippen LogP contribution is -2.02. The highest BCUT2D eigenvalue weighted by molar-refractivity contribution is 5.82. The van der Waals surface area contributed by atoms with Gasteiger partial charge in [0.2, 0.25) is 0 Å². The quantitative estimate of drug-likeness (QED) is 0.850. The lowest BCUT2D eigenvalue weighted by Gasteiger charge is -2.13. The van der Waals surface area contributed by atoms with Crippen LogP contribution >= 0.6 is 0 Å². The van der Waals surface area contributed by atoms with Gasteiger partial charge in [0.15, 0.2) is 0 Å². The predicted molar refractivity (Wildman–Crippen MR) is 77.7 cm³/mol. The van der Waals surface area contributed by atoms with E-state index in [0.717, 1.165) is 24.0 Å². The van der Waals surface area contributed by atoms with Crippen molar-refractivity contribution in [1.82, 2.24) is 0 Å². The van der Waals surface area contributed by atoms with Crippen LogP contribution in [-0.2, 0) is 0 Å². The van der Waals surface area contributed by atoms with Crippen molar-refractivity contribution in [1.29, 1.82) is 10.5 Å². The molecular formula is C17H12FN3. The Kier molecular flexibility index (Phi) is 3.08. The Labute approximate surface area is 122 Å². The molecule has 0 saturated heterocycles. The van der Waals surface area contributed by atoms with E-state index >= 15 is 0 Å². The number of hydrogen-bond donors (Lipinski definition) is 1. The van der Waals surface area contributed by atoms with Crippen LogP contribution < -0.4 is 5.73 Å². The minimum Gasteiger partial charge on any atom is -0.397 e. The van der Waals surface area contributed by atoms with Gasteiger partial charge in [-0.05, 0) is 48.1 Å².